The fourth-order valence-electron chi connectivity index (χ4n) is 3.29. The van der Waals surface area contributed by atoms with Crippen LogP contribution in [0.25, 0.3) is 10.8 Å². The van der Waals surface area contributed by atoms with Gasteiger partial charge in [-0.15, -0.1) is 6.58 Å². The number of aromatic hydroxyl groups is 1. The molecule has 5 nitrogen and oxygen atoms in total. The van der Waals surface area contributed by atoms with Crippen molar-refractivity contribution in [3.8, 4) is 5.75 Å². The third kappa shape index (κ3) is 2.82. The molecule has 0 saturated carbocycles. The summed E-state index contributed by atoms with van der Waals surface area (Å²) < 4.78 is 1.88. The third-order valence-corrected chi connectivity index (χ3v) is 4.51. The number of phenolic OH excluding ortho intramolecular Hbond substituents is 1. The van der Waals surface area contributed by atoms with Gasteiger partial charge in [0, 0.05) is 27.7 Å². The van der Waals surface area contributed by atoms with Crippen LogP contribution < -0.4 is 0 Å². The number of rotatable bonds is 4. The first kappa shape index (κ1) is 16.9. The average Bonchev–Trinajstić information content (AvgIpc) is 2.84. The lowest BCUT2D eigenvalue weighted by Gasteiger charge is -2.06. The molecule has 0 saturated heterocycles. The summed E-state index contributed by atoms with van der Waals surface area (Å²) in [6.07, 6.45) is 4.08. The van der Waals surface area contributed by atoms with Gasteiger partial charge in [0.25, 0.3) is 0 Å². The number of para-hydroxylation sites is 1. The zero-order chi connectivity index (χ0) is 18.1. The van der Waals surface area contributed by atoms with Gasteiger partial charge in [-0.3, -0.25) is 0 Å². The van der Waals surface area contributed by atoms with Crippen molar-refractivity contribution in [2.24, 2.45) is 5.10 Å². The summed E-state index contributed by atoms with van der Waals surface area (Å²) in [5.74, 6) is 0.244. The lowest BCUT2D eigenvalue weighted by atomic mass is 10.1. The lowest BCUT2D eigenvalue weighted by Crippen LogP contribution is -1.97. The van der Waals surface area contributed by atoms with Gasteiger partial charge < -0.3 is 5.11 Å². The predicted octanol–water partition coefficient (Wildman–Crippen LogP) is 3.98. The second kappa shape index (κ2) is 6.51. The Morgan fingerprint density at radius 3 is 2.24 bits per heavy atom. The number of hydrogen-bond acceptors (Lipinski definition) is 4. The molecule has 3 aromatic rings. The summed E-state index contributed by atoms with van der Waals surface area (Å²) in [5, 5.41) is 25.6. The van der Waals surface area contributed by atoms with E-state index < -0.39 is 0 Å². The standard InChI is InChI=1S/C20H22N4O/c1-6-8-16-9-7-10-17(20(16)25)11-21-24-14(4)18-12(2)22-23-13(3)19(18)15(24)5/h6-7,9-11,25H,1,8H2,2-5H3/b21-11+. The van der Waals surface area contributed by atoms with Crippen molar-refractivity contribution in [1.82, 2.24) is 14.9 Å². The SMILES string of the molecule is C=CCc1cccc(/C=N/n2c(C)c3c(C)nnc(C)c3c2C)c1O. The molecule has 2 heterocycles. The Morgan fingerprint density at radius 2 is 1.68 bits per heavy atom. The summed E-state index contributed by atoms with van der Waals surface area (Å²) in [7, 11) is 0. The number of nitrogens with zero attached hydrogens (tertiary/aromatic N) is 4. The Kier molecular flexibility index (Phi) is 4.40. The summed E-state index contributed by atoms with van der Waals surface area (Å²) in [6, 6.07) is 5.64. The Bertz CT molecular complexity index is 954. The predicted molar refractivity (Wildman–Crippen MR) is 101 cm³/mol. The Balaban J connectivity index is 2.12. The highest BCUT2D eigenvalue weighted by molar-refractivity contribution is 5.92. The maximum atomic E-state index is 10.4. The summed E-state index contributed by atoms with van der Waals surface area (Å²) in [4.78, 5) is 0. The Hall–Kier alpha value is -2.95. The van der Waals surface area contributed by atoms with E-state index in [1.165, 1.54) is 0 Å². The van der Waals surface area contributed by atoms with Crippen LogP contribution >= 0.6 is 0 Å². The molecule has 0 aliphatic heterocycles. The zero-order valence-corrected chi connectivity index (χ0v) is 15.0. The number of aryl methyl sites for hydroxylation is 4. The molecule has 128 valence electrons. The van der Waals surface area contributed by atoms with E-state index >= 15 is 0 Å². The normalized spacial score (nSPS) is 11.5. The molecule has 0 amide bonds. The zero-order valence-electron chi connectivity index (χ0n) is 15.0. The molecule has 0 bridgehead atoms. The van der Waals surface area contributed by atoms with E-state index in [1.807, 2.05) is 50.6 Å². The van der Waals surface area contributed by atoms with Crippen LogP contribution in [0.15, 0.2) is 36.0 Å². The Morgan fingerprint density at radius 1 is 1.08 bits per heavy atom. The van der Waals surface area contributed by atoms with Crippen molar-refractivity contribution < 1.29 is 5.11 Å². The van der Waals surface area contributed by atoms with Gasteiger partial charge in [-0.2, -0.15) is 15.3 Å². The molecule has 0 spiro atoms. The van der Waals surface area contributed by atoms with Crippen molar-refractivity contribution in [3.63, 3.8) is 0 Å². The number of allylic oxidation sites excluding steroid dienone is 1. The maximum absolute atomic E-state index is 10.4. The van der Waals surface area contributed by atoms with Gasteiger partial charge in [0.15, 0.2) is 0 Å². The van der Waals surface area contributed by atoms with Crippen LogP contribution in [0.3, 0.4) is 0 Å². The smallest absolute Gasteiger partial charge is 0.127 e. The van der Waals surface area contributed by atoms with Gasteiger partial charge >= 0.3 is 0 Å². The topological polar surface area (TPSA) is 63.3 Å². The molecule has 2 aromatic heterocycles. The van der Waals surface area contributed by atoms with Crippen LogP contribution in [-0.4, -0.2) is 26.2 Å². The number of hydrogen-bond donors (Lipinski definition) is 1. The second-order valence-corrected chi connectivity index (χ2v) is 6.20. The minimum Gasteiger partial charge on any atom is -0.507 e. The van der Waals surface area contributed by atoms with Gasteiger partial charge in [-0.1, -0.05) is 18.2 Å². The van der Waals surface area contributed by atoms with E-state index in [-0.39, 0.29) is 5.75 Å². The van der Waals surface area contributed by atoms with E-state index in [9.17, 15) is 5.11 Å². The molecular weight excluding hydrogens is 312 g/mol. The molecule has 5 heteroatoms. The lowest BCUT2D eigenvalue weighted by molar-refractivity contribution is 0.469. The van der Waals surface area contributed by atoms with Crippen LogP contribution in [-0.2, 0) is 6.42 Å². The van der Waals surface area contributed by atoms with Crippen molar-refractivity contribution >= 4 is 17.0 Å². The van der Waals surface area contributed by atoms with Crippen LogP contribution in [0, 0.1) is 27.7 Å². The van der Waals surface area contributed by atoms with Crippen molar-refractivity contribution in [2.45, 2.75) is 34.1 Å². The van der Waals surface area contributed by atoms with Gasteiger partial charge in [-0.25, -0.2) is 4.68 Å². The fraction of sp³-hybridized carbons (Fsp3) is 0.250. The highest BCUT2D eigenvalue weighted by atomic mass is 16.3. The van der Waals surface area contributed by atoms with E-state index in [0.29, 0.717) is 12.0 Å². The molecule has 0 aliphatic carbocycles. The molecule has 1 N–H and O–H groups in total. The molecule has 1 aromatic carbocycles. The van der Waals surface area contributed by atoms with E-state index in [1.54, 1.807) is 12.3 Å². The maximum Gasteiger partial charge on any atom is 0.127 e. The number of fused-ring (bicyclic) bond motifs is 1. The van der Waals surface area contributed by atoms with Crippen LogP contribution in [0.5, 0.6) is 5.75 Å². The van der Waals surface area contributed by atoms with Crippen molar-refractivity contribution in [2.75, 3.05) is 0 Å². The number of aromatic nitrogens is 3. The van der Waals surface area contributed by atoms with Gasteiger partial charge in [0.1, 0.15) is 5.75 Å². The van der Waals surface area contributed by atoms with Crippen LogP contribution in [0.2, 0.25) is 0 Å². The molecule has 0 unspecified atom stereocenters. The highest BCUT2D eigenvalue weighted by Crippen LogP contribution is 2.29. The molecular formula is C20H22N4O. The van der Waals surface area contributed by atoms with Gasteiger partial charge in [0.2, 0.25) is 0 Å². The van der Waals surface area contributed by atoms with Gasteiger partial charge in [-0.05, 0) is 45.7 Å². The summed E-state index contributed by atoms with van der Waals surface area (Å²) in [5.41, 5.74) is 5.34. The van der Waals surface area contributed by atoms with E-state index in [2.05, 4.69) is 21.9 Å². The average molecular weight is 334 g/mol. The second-order valence-electron chi connectivity index (χ2n) is 6.20. The summed E-state index contributed by atoms with van der Waals surface area (Å²) in [6.45, 7) is 11.7. The summed E-state index contributed by atoms with van der Waals surface area (Å²) >= 11 is 0. The minimum atomic E-state index is 0.244. The molecule has 25 heavy (non-hydrogen) atoms. The molecule has 3 rings (SSSR count). The minimum absolute atomic E-state index is 0.244. The number of phenols is 1. The first-order valence-corrected chi connectivity index (χ1v) is 8.23. The van der Waals surface area contributed by atoms with Crippen LogP contribution in [0.1, 0.15) is 33.9 Å². The molecule has 0 radical (unpaired) electrons. The highest BCUT2D eigenvalue weighted by Gasteiger charge is 2.16. The fourth-order valence-corrected chi connectivity index (χ4v) is 3.29. The van der Waals surface area contributed by atoms with E-state index in [0.717, 1.165) is 39.1 Å². The molecule has 0 fully saturated rings. The molecule has 0 aliphatic rings. The Labute approximate surface area is 147 Å². The monoisotopic (exact) mass is 334 g/mol. The largest absolute Gasteiger partial charge is 0.507 e. The van der Waals surface area contributed by atoms with Crippen molar-refractivity contribution in [1.29, 1.82) is 0 Å². The number of benzene rings is 1. The van der Waals surface area contributed by atoms with Gasteiger partial charge in [0.05, 0.1) is 17.6 Å². The molecule has 0 atom stereocenters. The van der Waals surface area contributed by atoms with E-state index in [4.69, 9.17) is 0 Å². The van der Waals surface area contributed by atoms with Crippen molar-refractivity contribution in [3.05, 3.63) is 64.8 Å². The first-order valence-electron chi connectivity index (χ1n) is 8.23. The quantitative estimate of drug-likeness (QED) is 0.580. The van der Waals surface area contributed by atoms with Crippen LogP contribution in [0.4, 0.5) is 0 Å². The first-order chi connectivity index (χ1) is 12.0. The third-order valence-electron chi connectivity index (χ3n) is 4.51.